The molecule has 0 saturated carbocycles. The lowest BCUT2D eigenvalue weighted by Gasteiger charge is -2.30. The maximum absolute atomic E-state index is 14.7. The number of rotatable bonds is 3. The van der Waals surface area contributed by atoms with Gasteiger partial charge in [0.2, 0.25) is 0 Å². The summed E-state index contributed by atoms with van der Waals surface area (Å²) in [6.45, 7) is 1.64. The zero-order valence-electron chi connectivity index (χ0n) is 16.0. The maximum Gasteiger partial charge on any atom is 0.270 e. The molecule has 5 nitrogen and oxygen atoms in total. The molecule has 2 heterocycles. The van der Waals surface area contributed by atoms with Gasteiger partial charge in [0.25, 0.3) is 11.8 Å². The first-order valence-electron chi connectivity index (χ1n) is 9.66. The predicted molar refractivity (Wildman–Crippen MR) is 120 cm³/mol. The molecule has 2 amide bonds. The lowest BCUT2D eigenvalue weighted by atomic mass is 10.1. The Hall–Kier alpha value is -2.77. The van der Waals surface area contributed by atoms with Crippen LogP contribution in [0.3, 0.4) is 0 Å². The molecular formula is C22H19ClFN3O2S. The summed E-state index contributed by atoms with van der Waals surface area (Å²) in [5, 5.41) is 2.77. The number of hydrogen-bond donors (Lipinski definition) is 1. The fourth-order valence-electron chi connectivity index (χ4n) is 3.68. The summed E-state index contributed by atoms with van der Waals surface area (Å²) in [7, 11) is 0. The second-order valence-corrected chi connectivity index (χ2v) is 7.96. The van der Waals surface area contributed by atoms with Gasteiger partial charge in [-0.3, -0.25) is 19.8 Å². The van der Waals surface area contributed by atoms with Gasteiger partial charge >= 0.3 is 0 Å². The van der Waals surface area contributed by atoms with Crippen LogP contribution < -0.4 is 15.1 Å². The molecule has 30 heavy (non-hydrogen) atoms. The number of amides is 2. The molecule has 0 aliphatic carbocycles. The number of anilines is 2. The van der Waals surface area contributed by atoms with Crippen molar-refractivity contribution in [2.45, 2.75) is 19.3 Å². The first kappa shape index (κ1) is 20.5. The average molecular weight is 444 g/mol. The van der Waals surface area contributed by atoms with E-state index in [1.165, 1.54) is 17.0 Å². The van der Waals surface area contributed by atoms with Gasteiger partial charge in [0.15, 0.2) is 5.11 Å². The van der Waals surface area contributed by atoms with Gasteiger partial charge in [-0.2, -0.15) is 0 Å². The second kappa shape index (κ2) is 8.53. The molecule has 1 N–H and O–H groups in total. The van der Waals surface area contributed by atoms with E-state index in [1.807, 2.05) is 4.90 Å². The van der Waals surface area contributed by atoms with Crippen LogP contribution in [0.1, 0.15) is 24.8 Å². The highest BCUT2D eigenvalue weighted by Crippen LogP contribution is 2.30. The Labute approximate surface area is 184 Å². The number of nitrogens with one attached hydrogen (secondary N) is 1. The third-order valence-corrected chi connectivity index (χ3v) is 5.78. The Morgan fingerprint density at radius 1 is 1.03 bits per heavy atom. The van der Waals surface area contributed by atoms with Crippen LogP contribution in [0, 0.1) is 5.82 Å². The van der Waals surface area contributed by atoms with Crippen molar-refractivity contribution >= 4 is 58.2 Å². The van der Waals surface area contributed by atoms with Crippen molar-refractivity contribution in [3.8, 4) is 0 Å². The number of carbonyl (C=O) groups is 2. The number of hydrogen-bond acceptors (Lipinski definition) is 4. The SMILES string of the molecule is O=C1NC(=S)N(c2ccccc2Cl)C(=O)/C1=C/c1ccc(N2CCCCC2)c(F)c1. The zero-order chi connectivity index (χ0) is 21.3. The minimum atomic E-state index is -0.631. The van der Waals surface area contributed by atoms with Crippen molar-refractivity contribution in [3.05, 3.63) is 64.4 Å². The molecule has 0 unspecified atom stereocenters. The third-order valence-electron chi connectivity index (χ3n) is 5.17. The van der Waals surface area contributed by atoms with Crippen LogP contribution in [0.2, 0.25) is 5.02 Å². The average Bonchev–Trinajstić information content (AvgIpc) is 2.73. The summed E-state index contributed by atoms with van der Waals surface area (Å²) in [6, 6.07) is 11.4. The molecule has 154 valence electrons. The lowest BCUT2D eigenvalue weighted by molar-refractivity contribution is -0.122. The normalized spacial score (nSPS) is 18.7. The van der Waals surface area contributed by atoms with Crippen LogP contribution in [0.5, 0.6) is 0 Å². The van der Waals surface area contributed by atoms with Gasteiger partial charge in [0, 0.05) is 13.1 Å². The van der Waals surface area contributed by atoms with Gasteiger partial charge in [-0.05, 0) is 67.4 Å². The molecule has 2 aliphatic heterocycles. The first-order chi connectivity index (χ1) is 14.5. The van der Waals surface area contributed by atoms with Crippen LogP contribution in [0.15, 0.2) is 48.0 Å². The lowest BCUT2D eigenvalue weighted by Crippen LogP contribution is -2.54. The zero-order valence-corrected chi connectivity index (χ0v) is 17.6. The van der Waals surface area contributed by atoms with E-state index in [2.05, 4.69) is 5.32 Å². The number of carbonyl (C=O) groups excluding carboxylic acids is 2. The summed E-state index contributed by atoms with van der Waals surface area (Å²) < 4.78 is 14.7. The van der Waals surface area contributed by atoms with Gasteiger partial charge in [-0.25, -0.2) is 4.39 Å². The Bertz CT molecular complexity index is 1070. The number of benzene rings is 2. The molecule has 0 aromatic heterocycles. The highest BCUT2D eigenvalue weighted by Gasteiger charge is 2.35. The van der Waals surface area contributed by atoms with Gasteiger partial charge in [0.1, 0.15) is 11.4 Å². The number of nitrogens with zero attached hydrogens (tertiary/aromatic N) is 2. The summed E-state index contributed by atoms with van der Waals surface area (Å²) in [4.78, 5) is 28.7. The van der Waals surface area contributed by atoms with E-state index in [0.29, 0.717) is 22.0 Å². The molecule has 2 saturated heterocycles. The highest BCUT2D eigenvalue weighted by molar-refractivity contribution is 7.80. The van der Waals surface area contributed by atoms with Crippen molar-refractivity contribution in [3.63, 3.8) is 0 Å². The summed E-state index contributed by atoms with van der Waals surface area (Å²) in [6.07, 6.45) is 4.60. The molecular weight excluding hydrogens is 425 g/mol. The quantitative estimate of drug-likeness (QED) is 0.436. The molecule has 2 aromatic rings. The molecule has 2 aromatic carbocycles. The van der Waals surface area contributed by atoms with Crippen molar-refractivity contribution < 1.29 is 14.0 Å². The van der Waals surface area contributed by atoms with Crippen LogP contribution in [0.25, 0.3) is 6.08 Å². The Balaban J connectivity index is 1.66. The molecule has 4 rings (SSSR count). The third kappa shape index (κ3) is 3.95. The van der Waals surface area contributed by atoms with Crippen LogP contribution in [-0.2, 0) is 9.59 Å². The fraction of sp³-hybridized carbons (Fsp3) is 0.227. The van der Waals surface area contributed by atoms with Gasteiger partial charge in [0.05, 0.1) is 16.4 Å². The van der Waals surface area contributed by atoms with Crippen molar-refractivity contribution in [1.29, 1.82) is 0 Å². The second-order valence-electron chi connectivity index (χ2n) is 7.17. The van der Waals surface area contributed by atoms with E-state index in [0.717, 1.165) is 32.4 Å². The summed E-state index contributed by atoms with van der Waals surface area (Å²) >= 11 is 11.4. The van der Waals surface area contributed by atoms with Crippen LogP contribution in [0.4, 0.5) is 15.8 Å². The fourth-order valence-corrected chi connectivity index (χ4v) is 4.17. The minimum absolute atomic E-state index is 0.0538. The van der Waals surface area contributed by atoms with Gasteiger partial charge < -0.3 is 4.90 Å². The number of halogens is 2. The first-order valence-corrected chi connectivity index (χ1v) is 10.4. The standard InChI is InChI=1S/C22H19ClFN3O2S/c23-16-6-2-3-7-18(16)27-21(29)15(20(28)25-22(27)30)12-14-8-9-19(17(24)13-14)26-10-4-1-5-11-26/h2-3,6-9,12-13H,1,4-5,10-11H2,(H,25,28,30)/b15-12+. The molecule has 0 bridgehead atoms. The van der Waals surface area contributed by atoms with Crippen LogP contribution >= 0.6 is 23.8 Å². The number of para-hydroxylation sites is 1. The van der Waals surface area contributed by atoms with E-state index < -0.39 is 11.8 Å². The van der Waals surface area contributed by atoms with Crippen molar-refractivity contribution in [1.82, 2.24) is 5.32 Å². The predicted octanol–water partition coefficient (Wildman–Crippen LogP) is 4.30. The van der Waals surface area contributed by atoms with Gasteiger partial charge in [-0.15, -0.1) is 0 Å². The largest absolute Gasteiger partial charge is 0.369 e. The van der Waals surface area contributed by atoms with E-state index in [4.69, 9.17) is 23.8 Å². The summed E-state index contributed by atoms with van der Waals surface area (Å²) in [5.74, 6) is -1.63. The molecule has 2 fully saturated rings. The molecule has 2 aliphatic rings. The van der Waals surface area contributed by atoms with Crippen molar-refractivity contribution in [2.75, 3.05) is 22.9 Å². The Morgan fingerprint density at radius 2 is 1.77 bits per heavy atom. The monoisotopic (exact) mass is 443 g/mol. The van der Waals surface area contributed by atoms with E-state index >= 15 is 0 Å². The van der Waals surface area contributed by atoms with Crippen molar-refractivity contribution in [2.24, 2.45) is 0 Å². The van der Waals surface area contributed by atoms with E-state index in [-0.39, 0.29) is 16.5 Å². The van der Waals surface area contributed by atoms with E-state index in [9.17, 15) is 14.0 Å². The minimum Gasteiger partial charge on any atom is -0.369 e. The van der Waals surface area contributed by atoms with E-state index in [1.54, 1.807) is 36.4 Å². The Kier molecular flexibility index (Phi) is 5.83. The molecule has 0 atom stereocenters. The Morgan fingerprint density at radius 3 is 2.47 bits per heavy atom. The maximum atomic E-state index is 14.7. The molecule has 0 spiro atoms. The topological polar surface area (TPSA) is 52.7 Å². The highest BCUT2D eigenvalue weighted by atomic mass is 35.5. The molecule has 0 radical (unpaired) electrons. The van der Waals surface area contributed by atoms with Crippen LogP contribution in [-0.4, -0.2) is 30.0 Å². The molecule has 8 heteroatoms. The smallest absolute Gasteiger partial charge is 0.270 e. The number of thiocarbonyl (C=S) groups is 1. The van der Waals surface area contributed by atoms with Gasteiger partial charge in [-0.1, -0.05) is 29.8 Å². The number of piperidine rings is 1. The summed E-state index contributed by atoms with van der Waals surface area (Å²) in [5.41, 5.74) is 1.18.